The van der Waals surface area contributed by atoms with Gasteiger partial charge in [-0.2, -0.15) is 0 Å². The van der Waals surface area contributed by atoms with Crippen LogP contribution >= 0.6 is 0 Å². The Morgan fingerprint density at radius 3 is 2.00 bits per heavy atom. The zero-order valence-electron chi connectivity index (χ0n) is 13.4. The smallest absolute Gasteiger partial charge is 0.326 e. The molecule has 0 radical (unpaired) electrons. The van der Waals surface area contributed by atoms with Crippen LogP contribution in [-0.4, -0.2) is 35.0 Å². The predicted molar refractivity (Wildman–Crippen MR) is 80.7 cm³/mol. The lowest BCUT2D eigenvalue weighted by Gasteiger charge is -2.21. The van der Waals surface area contributed by atoms with Crippen molar-refractivity contribution in [2.45, 2.75) is 59.5 Å². The van der Waals surface area contributed by atoms with Crippen molar-refractivity contribution in [3.63, 3.8) is 0 Å². The second-order valence-electron chi connectivity index (χ2n) is 5.80. The van der Waals surface area contributed by atoms with Gasteiger partial charge in [-0.3, -0.25) is 9.59 Å². The zero-order valence-corrected chi connectivity index (χ0v) is 13.4. The van der Waals surface area contributed by atoms with Gasteiger partial charge in [0.1, 0.15) is 12.1 Å². The lowest BCUT2D eigenvalue weighted by Crippen LogP contribution is -2.51. The van der Waals surface area contributed by atoms with Crippen molar-refractivity contribution in [2.75, 3.05) is 0 Å². The first-order valence-corrected chi connectivity index (χ1v) is 7.07. The number of carboxylic acids is 1. The molecule has 3 N–H and O–H groups in total. The fraction of sp³-hybridized carbons (Fsp3) is 0.667. The maximum absolute atomic E-state index is 12.2. The highest BCUT2D eigenvalue weighted by molar-refractivity contribution is 5.89. The fourth-order valence-electron chi connectivity index (χ4n) is 1.80. The van der Waals surface area contributed by atoms with Crippen molar-refractivity contribution in [1.82, 2.24) is 10.6 Å². The number of hydrogen-bond acceptors (Lipinski definition) is 3. The summed E-state index contributed by atoms with van der Waals surface area (Å²) >= 11 is 0. The molecule has 0 aliphatic carbocycles. The second kappa shape index (κ2) is 9.15. The number of amides is 2. The highest BCUT2D eigenvalue weighted by Gasteiger charge is 2.25. The summed E-state index contributed by atoms with van der Waals surface area (Å²) in [5.41, 5.74) is 0.982. The van der Waals surface area contributed by atoms with E-state index in [9.17, 15) is 14.4 Å². The molecule has 0 aromatic heterocycles. The molecule has 2 atom stereocenters. The molecule has 2 amide bonds. The molecule has 21 heavy (non-hydrogen) atoms. The Kier molecular flexibility index (Phi) is 8.35. The van der Waals surface area contributed by atoms with Crippen LogP contribution in [0.4, 0.5) is 0 Å². The van der Waals surface area contributed by atoms with E-state index in [0.29, 0.717) is 6.42 Å². The number of aliphatic carboxylic acids is 1. The van der Waals surface area contributed by atoms with Crippen LogP contribution in [0.25, 0.3) is 0 Å². The lowest BCUT2D eigenvalue weighted by atomic mass is 10.0. The molecule has 0 heterocycles. The number of allylic oxidation sites excluding steroid dienone is 1. The summed E-state index contributed by atoms with van der Waals surface area (Å²) < 4.78 is 0. The lowest BCUT2D eigenvalue weighted by molar-refractivity contribution is -0.142. The second-order valence-corrected chi connectivity index (χ2v) is 5.80. The first-order chi connectivity index (χ1) is 9.63. The third-order valence-corrected chi connectivity index (χ3v) is 2.78. The molecule has 0 saturated heterocycles. The highest BCUT2D eigenvalue weighted by Crippen LogP contribution is 2.06. The van der Waals surface area contributed by atoms with Crippen LogP contribution in [0.15, 0.2) is 11.6 Å². The standard InChI is InChI=1S/C15H26N2O4/c1-9(2)6-7-12(15(20)21)17-14(19)13(8-10(3)4)16-11(5)18/h6,10,12-13H,7-8H2,1-5H3,(H,16,18)(H,17,19)(H,20,21)/t12-,13+/m1/s1. The molecule has 6 heteroatoms. The molecule has 0 saturated carbocycles. The number of carboxylic acid groups (broad SMARTS) is 1. The quantitative estimate of drug-likeness (QED) is 0.591. The minimum Gasteiger partial charge on any atom is -0.480 e. The van der Waals surface area contributed by atoms with E-state index in [4.69, 9.17) is 5.11 Å². The van der Waals surface area contributed by atoms with Gasteiger partial charge in [-0.25, -0.2) is 4.79 Å². The van der Waals surface area contributed by atoms with Crippen LogP contribution in [0.3, 0.4) is 0 Å². The van der Waals surface area contributed by atoms with Crippen molar-refractivity contribution in [1.29, 1.82) is 0 Å². The fourth-order valence-corrected chi connectivity index (χ4v) is 1.80. The van der Waals surface area contributed by atoms with Gasteiger partial charge in [-0.1, -0.05) is 25.5 Å². The molecule has 0 aromatic carbocycles. The molecule has 0 fully saturated rings. The van der Waals surface area contributed by atoms with Gasteiger partial charge in [0, 0.05) is 6.92 Å². The number of carbonyl (C=O) groups is 3. The Balaban J connectivity index is 4.85. The maximum Gasteiger partial charge on any atom is 0.326 e. The van der Waals surface area contributed by atoms with Crippen LogP contribution in [-0.2, 0) is 14.4 Å². The normalized spacial score (nSPS) is 13.2. The van der Waals surface area contributed by atoms with E-state index in [-0.39, 0.29) is 18.2 Å². The highest BCUT2D eigenvalue weighted by atomic mass is 16.4. The topological polar surface area (TPSA) is 95.5 Å². The van der Waals surface area contributed by atoms with E-state index >= 15 is 0 Å². The van der Waals surface area contributed by atoms with E-state index in [1.54, 1.807) is 6.08 Å². The van der Waals surface area contributed by atoms with Crippen LogP contribution in [0.5, 0.6) is 0 Å². The minimum absolute atomic E-state index is 0.202. The van der Waals surface area contributed by atoms with E-state index in [1.165, 1.54) is 6.92 Å². The van der Waals surface area contributed by atoms with Crippen LogP contribution in [0.2, 0.25) is 0 Å². The van der Waals surface area contributed by atoms with Crippen molar-refractivity contribution in [3.8, 4) is 0 Å². The first kappa shape index (κ1) is 19.1. The molecule has 0 unspecified atom stereocenters. The van der Waals surface area contributed by atoms with Crippen LogP contribution in [0, 0.1) is 5.92 Å². The van der Waals surface area contributed by atoms with Gasteiger partial charge in [0.2, 0.25) is 11.8 Å². The summed E-state index contributed by atoms with van der Waals surface area (Å²) in [6.07, 6.45) is 2.44. The van der Waals surface area contributed by atoms with Crippen LogP contribution in [0.1, 0.15) is 47.5 Å². The molecule has 6 nitrogen and oxygen atoms in total. The maximum atomic E-state index is 12.2. The minimum atomic E-state index is -1.09. The Bertz CT molecular complexity index is 412. The Labute approximate surface area is 126 Å². The third kappa shape index (κ3) is 8.83. The Morgan fingerprint density at radius 2 is 1.62 bits per heavy atom. The average Bonchev–Trinajstić information content (AvgIpc) is 2.31. The van der Waals surface area contributed by atoms with Gasteiger partial charge >= 0.3 is 5.97 Å². The number of carbonyl (C=O) groups excluding carboxylic acids is 2. The van der Waals surface area contributed by atoms with Gasteiger partial charge in [0.25, 0.3) is 0 Å². The van der Waals surface area contributed by atoms with Gasteiger partial charge in [-0.15, -0.1) is 0 Å². The van der Waals surface area contributed by atoms with Gasteiger partial charge in [0.15, 0.2) is 0 Å². The molecular weight excluding hydrogens is 272 g/mol. The molecule has 0 spiro atoms. The predicted octanol–water partition coefficient (Wildman–Crippen LogP) is 1.46. The SMILES string of the molecule is CC(=O)N[C@@H](CC(C)C)C(=O)N[C@H](CC=C(C)C)C(=O)O. The van der Waals surface area contributed by atoms with E-state index in [0.717, 1.165) is 5.57 Å². The third-order valence-electron chi connectivity index (χ3n) is 2.78. The summed E-state index contributed by atoms with van der Waals surface area (Å²) in [6, 6.07) is -1.70. The number of nitrogens with one attached hydrogen (secondary N) is 2. The van der Waals surface area contributed by atoms with Gasteiger partial charge in [0.05, 0.1) is 0 Å². The molecule has 0 bridgehead atoms. The number of hydrogen-bond donors (Lipinski definition) is 3. The summed E-state index contributed by atoms with van der Waals surface area (Å²) in [4.78, 5) is 34.5. The van der Waals surface area contributed by atoms with E-state index in [2.05, 4.69) is 10.6 Å². The molecule has 0 aliphatic rings. The van der Waals surface area contributed by atoms with Crippen molar-refractivity contribution in [3.05, 3.63) is 11.6 Å². The monoisotopic (exact) mass is 298 g/mol. The first-order valence-electron chi connectivity index (χ1n) is 7.07. The van der Waals surface area contributed by atoms with Gasteiger partial charge < -0.3 is 15.7 Å². The summed E-state index contributed by atoms with van der Waals surface area (Å²) in [6.45, 7) is 8.91. The van der Waals surface area contributed by atoms with Gasteiger partial charge in [-0.05, 0) is 32.6 Å². The summed E-state index contributed by atoms with van der Waals surface area (Å²) in [5, 5.41) is 14.2. The zero-order chi connectivity index (χ0) is 16.6. The molecular formula is C15H26N2O4. The Hall–Kier alpha value is -1.85. The van der Waals surface area contributed by atoms with E-state index < -0.39 is 24.0 Å². The molecule has 0 rings (SSSR count). The van der Waals surface area contributed by atoms with Crippen molar-refractivity contribution >= 4 is 17.8 Å². The summed E-state index contributed by atoms with van der Waals surface area (Å²) in [7, 11) is 0. The van der Waals surface area contributed by atoms with Crippen molar-refractivity contribution < 1.29 is 19.5 Å². The molecule has 0 aliphatic heterocycles. The van der Waals surface area contributed by atoms with Crippen LogP contribution < -0.4 is 10.6 Å². The molecule has 120 valence electrons. The summed E-state index contributed by atoms with van der Waals surface area (Å²) in [5.74, 6) is -1.67. The Morgan fingerprint density at radius 1 is 1.05 bits per heavy atom. The molecule has 0 aromatic rings. The largest absolute Gasteiger partial charge is 0.480 e. The van der Waals surface area contributed by atoms with Crippen molar-refractivity contribution in [2.24, 2.45) is 5.92 Å². The van der Waals surface area contributed by atoms with E-state index in [1.807, 2.05) is 27.7 Å². The number of rotatable bonds is 8. The average molecular weight is 298 g/mol.